The van der Waals surface area contributed by atoms with E-state index in [2.05, 4.69) is 18.7 Å². The molecule has 5 heteroatoms. The summed E-state index contributed by atoms with van der Waals surface area (Å²) in [6.07, 6.45) is 1.37. The number of carbonyl (C=O) groups is 1. The highest BCUT2D eigenvalue weighted by Gasteiger charge is 2.41. The first-order chi connectivity index (χ1) is 8.89. The van der Waals surface area contributed by atoms with Gasteiger partial charge in [0, 0.05) is 32.2 Å². The third kappa shape index (κ3) is 3.26. The Labute approximate surface area is 122 Å². The number of thiocarbonyl (C=S) groups is 1. The molecule has 0 bridgehead atoms. The first-order valence-corrected chi connectivity index (χ1v) is 7.63. The summed E-state index contributed by atoms with van der Waals surface area (Å²) in [7, 11) is 0. The molecule has 4 nitrogen and oxygen atoms in total. The molecule has 0 aromatic rings. The van der Waals surface area contributed by atoms with Crippen LogP contribution in [0.5, 0.6) is 0 Å². The van der Waals surface area contributed by atoms with Gasteiger partial charge in [0.05, 0.1) is 10.4 Å². The molecule has 0 atom stereocenters. The Kier molecular flexibility index (Phi) is 5.74. The molecule has 0 aliphatic carbocycles. The summed E-state index contributed by atoms with van der Waals surface area (Å²) in [6, 6.07) is 0.537. The van der Waals surface area contributed by atoms with Crippen molar-refractivity contribution >= 4 is 23.1 Å². The van der Waals surface area contributed by atoms with Gasteiger partial charge >= 0.3 is 0 Å². The summed E-state index contributed by atoms with van der Waals surface area (Å²) in [5, 5.41) is 0. The second-order valence-corrected chi connectivity index (χ2v) is 6.02. The molecular formula is C14H27N3OS. The standard InChI is InChI=1S/C14H27N3OS/c1-5-14(6-2,12(15)19)13(18)17-9-7-16(8-10-17)11(3)4/h11H,5-10H2,1-4H3,(H2,15,19). The van der Waals surface area contributed by atoms with Crippen molar-refractivity contribution in [3.05, 3.63) is 0 Å². The predicted octanol–water partition coefficient (Wildman–Crippen LogP) is 1.63. The van der Waals surface area contributed by atoms with Crippen molar-refractivity contribution in [2.75, 3.05) is 26.2 Å². The van der Waals surface area contributed by atoms with E-state index < -0.39 is 5.41 Å². The van der Waals surface area contributed by atoms with Gasteiger partial charge in [0.1, 0.15) is 0 Å². The topological polar surface area (TPSA) is 49.6 Å². The van der Waals surface area contributed by atoms with Crippen molar-refractivity contribution in [3.63, 3.8) is 0 Å². The Morgan fingerprint density at radius 1 is 1.21 bits per heavy atom. The highest BCUT2D eigenvalue weighted by molar-refractivity contribution is 7.80. The van der Waals surface area contributed by atoms with Gasteiger partial charge in [0.2, 0.25) is 5.91 Å². The zero-order valence-corrected chi connectivity index (χ0v) is 13.4. The molecular weight excluding hydrogens is 258 g/mol. The first-order valence-electron chi connectivity index (χ1n) is 7.22. The van der Waals surface area contributed by atoms with Crippen molar-refractivity contribution in [1.82, 2.24) is 9.80 Å². The van der Waals surface area contributed by atoms with Crippen molar-refractivity contribution < 1.29 is 4.79 Å². The van der Waals surface area contributed by atoms with Crippen molar-refractivity contribution in [3.8, 4) is 0 Å². The number of hydrogen-bond acceptors (Lipinski definition) is 3. The van der Waals surface area contributed by atoms with Crippen molar-refractivity contribution in [1.29, 1.82) is 0 Å². The lowest BCUT2D eigenvalue weighted by Gasteiger charge is -2.41. The Morgan fingerprint density at radius 2 is 1.68 bits per heavy atom. The lowest BCUT2D eigenvalue weighted by atomic mass is 9.80. The third-order valence-electron chi connectivity index (χ3n) is 4.42. The van der Waals surface area contributed by atoms with E-state index in [0.717, 1.165) is 26.2 Å². The molecule has 19 heavy (non-hydrogen) atoms. The molecule has 1 amide bonds. The normalized spacial score (nSPS) is 17.8. The van der Waals surface area contributed by atoms with Gasteiger partial charge in [0.25, 0.3) is 0 Å². The number of rotatable bonds is 5. The fraction of sp³-hybridized carbons (Fsp3) is 0.857. The molecule has 0 unspecified atom stereocenters. The van der Waals surface area contributed by atoms with Crippen LogP contribution in [0.15, 0.2) is 0 Å². The van der Waals surface area contributed by atoms with E-state index in [1.807, 2.05) is 18.7 Å². The molecule has 1 saturated heterocycles. The highest BCUT2D eigenvalue weighted by atomic mass is 32.1. The Bertz CT molecular complexity index is 332. The predicted molar refractivity (Wildman–Crippen MR) is 83.1 cm³/mol. The average molecular weight is 285 g/mol. The van der Waals surface area contributed by atoms with Gasteiger partial charge in [-0.05, 0) is 26.7 Å². The largest absolute Gasteiger partial charge is 0.392 e. The van der Waals surface area contributed by atoms with Gasteiger partial charge in [-0.1, -0.05) is 26.1 Å². The maximum atomic E-state index is 12.7. The fourth-order valence-corrected chi connectivity index (χ4v) is 3.13. The maximum Gasteiger partial charge on any atom is 0.235 e. The minimum atomic E-state index is -0.644. The Balaban J connectivity index is 2.76. The Hall–Kier alpha value is -0.680. The van der Waals surface area contributed by atoms with Crippen LogP contribution >= 0.6 is 12.2 Å². The third-order valence-corrected chi connectivity index (χ3v) is 4.81. The van der Waals surface area contributed by atoms with Crippen LogP contribution in [0.4, 0.5) is 0 Å². The van der Waals surface area contributed by atoms with Crippen LogP contribution in [0, 0.1) is 5.41 Å². The summed E-state index contributed by atoms with van der Waals surface area (Å²) >= 11 is 5.16. The second-order valence-electron chi connectivity index (χ2n) is 5.58. The lowest BCUT2D eigenvalue weighted by Crippen LogP contribution is -2.56. The Morgan fingerprint density at radius 3 is 2.00 bits per heavy atom. The zero-order valence-electron chi connectivity index (χ0n) is 12.6. The van der Waals surface area contributed by atoms with Crippen LogP contribution in [0.3, 0.4) is 0 Å². The number of nitrogens with zero attached hydrogens (tertiary/aromatic N) is 2. The number of carbonyl (C=O) groups excluding carboxylic acids is 1. The van der Waals surface area contributed by atoms with Crippen LogP contribution < -0.4 is 5.73 Å². The molecule has 0 radical (unpaired) electrons. The summed E-state index contributed by atoms with van der Waals surface area (Å²) < 4.78 is 0. The number of piperazine rings is 1. The molecule has 1 fully saturated rings. The van der Waals surface area contributed by atoms with E-state index in [9.17, 15) is 4.79 Å². The smallest absolute Gasteiger partial charge is 0.235 e. The van der Waals surface area contributed by atoms with Gasteiger partial charge in [-0.3, -0.25) is 9.69 Å². The molecule has 1 rings (SSSR count). The van der Waals surface area contributed by atoms with Gasteiger partial charge in [0.15, 0.2) is 0 Å². The summed E-state index contributed by atoms with van der Waals surface area (Å²) in [5.74, 6) is 0.119. The quantitative estimate of drug-likeness (QED) is 0.780. The first kappa shape index (κ1) is 16.4. The van der Waals surface area contributed by atoms with E-state index in [0.29, 0.717) is 23.9 Å². The molecule has 0 saturated carbocycles. The van der Waals surface area contributed by atoms with E-state index in [1.54, 1.807) is 0 Å². The van der Waals surface area contributed by atoms with Gasteiger partial charge < -0.3 is 10.6 Å². The minimum Gasteiger partial charge on any atom is -0.392 e. The van der Waals surface area contributed by atoms with Crippen molar-refractivity contribution in [2.45, 2.75) is 46.6 Å². The van der Waals surface area contributed by atoms with Crippen LogP contribution in [-0.2, 0) is 4.79 Å². The van der Waals surface area contributed by atoms with Gasteiger partial charge in [-0.25, -0.2) is 0 Å². The summed E-state index contributed by atoms with van der Waals surface area (Å²) in [6.45, 7) is 11.8. The second kappa shape index (κ2) is 6.66. The highest BCUT2D eigenvalue weighted by Crippen LogP contribution is 2.30. The lowest BCUT2D eigenvalue weighted by molar-refractivity contribution is -0.140. The molecule has 0 aromatic carbocycles. The monoisotopic (exact) mass is 285 g/mol. The van der Waals surface area contributed by atoms with Crippen LogP contribution in [-0.4, -0.2) is 52.9 Å². The molecule has 2 N–H and O–H groups in total. The van der Waals surface area contributed by atoms with Crippen LogP contribution in [0.25, 0.3) is 0 Å². The molecule has 1 aliphatic rings. The van der Waals surface area contributed by atoms with Crippen LogP contribution in [0.1, 0.15) is 40.5 Å². The number of nitrogens with two attached hydrogens (primary N) is 1. The molecule has 1 heterocycles. The fourth-order valence-electron chi connectivity index (χ4n) is 2.75. The maximum absolute atomic E-state index is 12.7. The zero-order chi connectivity index (χ0) is 14.6. The minimum absolute atomic E-state index is 0.119. The summed E-state index contributed by atoms with van der Waals surface area (Å²) in [4.78, 5) is 17.4. The van der Waals surface area contributed by atoms with E-state index >= 15 is 0 Å². The van der Waals surface area contributed by atoms with Crippen LogP contribution in [0.2, 0.25) is 0 Å². The van der Waals surface area contributed by atoms with E-state index in [1.165, 1.54) is 0 Å². The number of hydrogen-bond donors (Lipinski definition) is 1. The summed E-state index contributed by atoms with van der Waals surface area (Å²) in [5.41, 5.74) is 5.21. The van der Waals surface area contributed by atoms with Crippen molar-refractivity contribution in [2.24, 2.45) is 11.1 Å². The van der Waals surface area contributed by atoms with E-state index in [4.69, 9.17) is 18.0 Å². The molecule has 1 aliphatic heterocycles. The average Bonchev–Trinajstić information content (AvgIpc) is 2.40. The van der Waals surface area contributed by atoms with E-state index in [-0.39, 0.29) is 5.91 Å². The van der Waals surface area contributed by atoms with Gasteiger partial charge in [-0.2, -0.15) is 0 Å². The molecule has 0 spiro atoms. The molecule has 110 valence electrons. The number of amides is 1. The SMILES string of the molecule is CCC(CC)(C(=O)N1CCN(C(C)C)CC1)C(N)=S. The molecule has 0 aromatic heterocycles. The van der Waals surface area contributed by atoms with Gasteiger partial charge in [-0.15, -0.1) is 0 Å².